The van der Waals surface area contributed by atoms with Crippen molar-refractivity contribution in [3.63, 3.8) is 0 Å². The number of nitrogens with one attached hydrogen (secondary N) is 2. The molecular weight excluding hydrogens is 228 g/mol. The minimum Gasteiger partial charge on any atom is -0.475 e. The van der Waals surface area contributed by atoms with Crippen LogP contribution in [0.25, 0.3) is 11.3 Å². The summed E-state index contributed by atoms with van der Waals surface area (Å²) < 4.78 is 5.53. The first-order valence-corrected chi connectivity index (χ1v) is 6.14. The summed E-state index contributed by atoms with van der Waals surface area (Å²) in [6, 6.07) is 3.89. The van der Waals surface area contributed by atoms with Crippen molar-refractivity contribution in [1.29, 1.82) is 0 Å². The highest BCUT2D eigenvalue weighted by Gasteiger charge is 2.19. The molecule has 0 aromatic carbocycles. The standard InChI is InChI=1S/C13H16N4O/c1-8(2)18-12-4-3-9(5-15-12)13-10-6-14-7-11(10)16-17-13/h3-5,8,14H,6-7H2,1-2H3,(H,16,17). The Morgan fingerprint density at radius 2 is 2.17 bits per heavy atom. The fourth-order valence-electron chi connectivity index (χ4n) is 2.12. The lowest BCUT2D eigenvalue weighted by molar-refractivity contribution is 0.232. The third-order valence-corrected chi connectivity index (χ3v) is 2.92. The van der Waals surface area contributed by atoms with E-state index in [-0.39, 0.29) is 6.10 Å². The van der Waals surface area contributed by atoms with E-state index in [1.807, 2.05) is 32.2 Å². The molecule has 5 nitrogen and oxygen atoms in total. The second kappa shape index (κ2) is 4.42. The molecular formula is C13H16N4O. The van der Waals surface area contributed by atoms with Crippen LogP contribution in [0.15, 0.2) is 18.3 Å². The Bertz CT molecular complexity index is 545. The van der Waals surface area contributed by atoms with Gasteiger partial charge in [-0.05, 0) is 19.9 Å². The second-order valence-electron chi connectivity index (χ2n) is 4.68. The lowest BCUT2D eigenvalue weighted by Gasteiger charge is -2.08. The molecule has 0 amide bonds. The van der Waals surface area contributed by atoms with Gasteiger partial charge in [-0.3, -0.25) is 5.10 Å². The van der Waals surface area contributed by atoms with Gasteiger partial charge in [0.25, 0.3) is 0 Å². The highest BCUT2D eigenvalue weighted by molar-refractivity contribution is 5.64. The van der Waals surface area contributed by atoms with E-state index >= 15 is 0 Å². The summed E-state index contributed by atoms with van der Waals surface area (Å²) in [5.41, 5.74) is 4.42. The number of aromatic nitrogens is 3. The van der Waals surface area contributed by atoms with Gasteiger partial charge in [-0.2, -0.15) is 5.10 Å². The quantitative estimate of drug-likeness (QED) is 0.865. The minimum absolute atomic E-state index is 0.141. The number of nitrogens with zero attached hydrogens (tertiary/aromatic N) is 2. The van der Waals surface area contributed by atoms with Crippen molar-refractivity contribution in [2.24, 2.45) is 0 Å². The molecule has 2 N–H and O–H groups in total. The summed E-state index contributed by atoms with van der Waals surface area (Å²) in [7, 11) is 0. The normalized spacial score (nSPS) is 13.9. The predicted octanol–water partition coefficient (Wildman–Crippen LogP) is 1.86. The Balaban J connectivity index is 1.88. The molecule has 0 fully saturated rings. The van der Waals surface area contributed by atoms with Gasteiger partial charge in [-0.25, -0.2) is 4.98 Å². The largest absolute Gasteiger partial charge is 0.475 e. The van der Waals surface area contributed by atoms with Crippen molar-refractivity contribution in [3.05, 3.63) is 29.6 Å². The van der Waals surface area contributed by atoms with Gasteiger partial charge < -0.3 is 10.1 Å². The third kappa shape index (κ3) is 1.97. The van der Waals surface area contributed by atoms with Gasteiger partial charge in [-0.15, -0.1) is 0 Å². The van der Waals surface area contributed by atoms with Crippen LogP contribution in [0.5, 0.6) is 5.88 Å². The average Bonchev–Trinajstić information content (AvgIpc) is 2.91. The maximum atomic E-state index is 5.53. The molecule has 94 valence electrons. The first kappa shape index (κ1) is 11.2. The number of fused-ring (bicyclic) bond motifs is 1. The van der Waals surface area contributed by atoms with Gasteiger partial charge in [-0.1, -0.05) is 0 Å². The van der Waals surface area contributed by atoms with Crippen LogP contribution in [-0.4, -0.2) is 21.3 Å². The van der Waals surface area contributed by atoms with Gasteiger partial charge in [0, 0.05) is 36.5 Å². The van der Waals surface area contributed by atoms with Crippen molar-refractivity contribution < 1.29 is 4.74 Å². The van der Waals surface area contributed by atoms with E-state index in [4.69, 9.17) is 4.74 Å². The van der Waals surface area contributed by atoms with Crippen LogP contribution in [0, 0.1) is 0 Å². The van der Waals surface area contributed by atoms with Crippen molar-refractivity contribution in [2.75, 3.05) is 0 Å². The summed E-state index contributed by atoms with van der Waals surface area (Å²) in [6.45, 7) is 5.71. The molecule has 18 heavy (non-hydrogen) atoms. The molecule has 0 radical (unpaired) electrons. The van der Waals surface area contributed by atoms with E-state index < -0.39 is 0 Å². The maximum Gasteiger partial charge on any atom is 0.213 e. The number of rotatable bonds is 3. The number of aromatic amines is 1. The number of hydrogen-bond donors (Lipinski definition) is 2. The molecule has 3 heterocycles. The summed E-state index contributed by atoms with van der Waals surface area (Å²) in [6.07, 6.45) is 1.95. The number of hydrogen-bond acceptors (Lipinski definition) is 4. The van der Waals surface area contributed by atoms with Crippen molar-refractivity contribution in [2.45, 2.75) is 33.0 Å². The molecule has 5 heteroatoms. The van der Waals surface area contributed by atoms with Crippen LogP contribution in [0.1, 0.15) is 25.1 Å². The average molecular weight is 244 g/mol. The smallest absolute Gasteiger partial charge is 0.213 e. The van der Waals surface area contributed by atoms with Crippen LogP contribution < -0.4 is 10.1 Å². The molecule has 0 unspecified atom stereocenters. The third-order valence-electron chi connectivity index (χ3n) is 2.92. The first-order valence-electron chi connectivity index (χ1n) is 6.14. The number of H-pyrrole nitrogens is 1. The highest BCUT2D eigenvalue weighted by atomic mass is 16.5. The van der Waals surface area contributed by atoms with E-state index in [2.05, 4.69) is 20.5 Å². The zero-order valence-corrected chi connectivity index (χ0v) is 10.5. The zero-order valence-electron chi connectivity index (χ0n) is 10.5. The van der Waals surface area contributed by atoms with Crippen LogP contribution in [0.4, 0.5) is 0 Å². The van der Waals surface area contributed by atoms with Crippen molar-refractivity contribution in [1.82, 2.24) is 20.5 Å². The van der Waals surface area contributed by atoms with Crippen molar-refractivity contribution in [3.8, 4) is 17.1 Å². The van der Waals surface area contributed by atoms with Crippen LogP contribution in [0.2, 0.25) is 0 Å². The summed E-state index contributed by atoms with van der Waals surface area (Å²) in [5, 5.41) is 10.7. The Morgan fingerprint density at radius 1 is 1.28 bits per heavy atom. The fourth-order valence-corrected chi connectivity index (χ4v) is 2.12. The Hall–Kier alpha value is -1.88. The molecule has 2 aromatic rings. The Morgan fingerprint density at radius 3 is 2.89 bits per heavy atom. The highest BCUT2D eigenvalue weighted by Crippen LogP contribution is 2.27. The van der Waals surface area contributed by atoms with Gasteiger partial charge in [0.1, 0.15) is 0 Å². The lowest BCUT2D eigenvalue weighted by atomic mass is 10.1. The van der Waals surface area contributed by atoms with E-state index in [1.165, 1.54) is 11.3 Å². The molecule has 1 aliphatic heterocycles. The summed E-state index contributed by atoms with van der Waals surface area (Å²) >= 11 is 0. The molecule has 0 bridgehead atoms. The van der Waals surface area contributed by atoms with Crippen LogP contribution in [-0.2, 0) is 13.1 Å². The van der Waals surface area contributed by atoms with Crippen molar-refractivity contribution >= 4 is 0 Å². The van der Waals surface area contributed by atoms with Gasteiger partial charge >= 0.3 is 0 Å². The van der Waals surface area contributed by atoms with E-state index in [0.717, 1.165) is 24.3 Å². The summed E-state index contributed by atoms with van der Waals surface area (Å²) in [4.78, 5) is 4.30. The van der Waals surface area contributed by atoms with Crippen LogP contribution in [0.3, 0.4) is 0 Å². The lowest BCUT2D eigenvalue weighted by Crippen LogP contribution is -2.06. The summed E-state index contributed by atoms with van der Waals surface area (Å²) in [5.74, 6) is 0.652. The molecule has 2 aromatic heterocycles. The monoisotopic (exact) mass is 244 g/mol. The van der Waals surface area contributed by atoms with Crippen LogP contribution >= 0.6 is 0 Å². The van der Waals surface area contributed by atoms with Gasteiger partial charge in [0.15, 0.2) is 0 Å². The molecule has 3 rings (SSSR count). The molecule has 0 saturated heterocycles. The molecule has 0 spiro atoms. The molecule has 0 aliphatic carbocycles. The molecule has 0 saturated carbocycles. The number of pyridine rings is 1. The first-order chi connectivity index (χ1) is 8.74. The zero-order chi connectivity index (χ0) is 12.5. The molecule has 0 atom stereocenters. The predicted molar refractivity (Wildman–Crippen MR) is 68.1 cm³/mol. The van der Waals surface area contributed by atoms with E-state index in [0.29, 0.717) is 5.88 Å². The molecule has 1 aliphatic rings. The van der Waals surface area contributed by atoms with E-state index in [1.54, 1.807) is 0 Å². The maximum absolute atomic E-state index is 5.53. The van der Waals surface area contributed by atoms with Gasteiger partial charge in [0.2, 0.25) is 5.88 Å². The Kier molecular flexibility index (Phi) is 2.76. The minimum atomic E-state index is 0.141. The second-order valence-corrected chi connectivity index (χ2v) is 4.68. The topological polar surface area (TPSA) is 62.8 Å². The fraction of sp³-hybridized carbons (Fsp3) is 0.385. The van der Waals surface area contributed by atoms with Gasteiger partial charge in [0.05, 0.1) is 17.5 Å². The number of ether oxygens (including phenoxy) is 1. The van der Waals surface area contributed by atoms with E-state index in [9.17, 15) is 0 Å². The SMILES string of the molecule is CC(C)Oc1ccc(-c2n[nH]c3c2CNC3)cn1. The Labute approximate surface area is 106 Å².